The SMILES string of the molecule is CN1C=CC(OCc2ccc(Cl)nc2)=CC1. The number of likely N-dealkylation sites (N-methyl/N-ethyl adjacent to an activating group) is 1. The average molecular weight is 237 g/mol. The van der Waals surface area contributed by atoms with Crippen LogP contribution >= 0.6 is 11.6 Å². The van der Waals surface area contributed by atoms with Crippen LogP contribution in [0, 0.1) is 0 Å². The monoisotopic (exact) mass is 236 g/mol. The van der Waals surface area contributed by atoms with E-state index in [0.29, 0.717) is 11.8 Å². The number of hydrogen-bond acceptors (Lipinski definition) is 3. The summed E-state index contributed by atoms with van der Waals surface area (Å²) in [5.74, 6) is 0.896. The van der Waals surface area contributed by atoms with Gasteiger partial charge in [0.05, 0.1) is 0 Å². The lowest BCUT2D eigenvalue weighted by Crippen LogP contribution is -2.14. The minimum Gasteiger partial charge on any atom is -0.489 e. The highest BCUT2D eigenvalue weighted by molar-refractivity contribution is 6.29. The maximum absolute atomic E-state index is 5.70. The molecule has 0 spiro atoms. The van der Waals surface area contributed by atoms with Crippen LogP contribution in [-0.2, 0) is 11.3 Å². The Labute approximate surface area is 100.0 Å². The molecule has 0 amide bonds. The van der Waals surface area contributed by atoms with Crippen LogP contribution in [0.5, 0.6) is 0 Å². The second kappa shape index (κ2) is 5.03. The third-order valence-electron chi connectivity index (χ3n) is 2.27. The maximum atomic E-state index is 5.70. The summed E-state index contributed by atoms with van der Waals surface area (Å²) in [7, 11) is 2.02. The van der Waals surface area contributed by atoms with Gasteiger partial charge in [0.25, 0.3) is 0 Å². The molecule has 0 radical (unpaired) electrons. The third-order valence-corrected chi connectivity index (χ3v) is 2.49. The summed E-state index contributed by atoms with van der Waals surface area (Å²) in [6.45, 7) is 1.40. The van der Waals surface area contributed by atoms with Crippen LogP contribution in [-0.4, -0.2) is 23.5 Å². The van der Waals surface area contributed by atoms with Crippen molar-refractivity contribution in [1.82, 2.24) is 9.88 Å². The predicted octanol–water partition coefficient (Wildman–Crippen LogP) is 2.59. The standard InChI is InChI=1S/C12H13ClN2O/c1-15-6-4-11(5-7-15)16-9-10-2-3-12(13)14-8-10/h2-6,8H,7,9H2,1H3. The molecule has 0 saturated carbocycles. The molecule has 0 bridgehead atoms. The van der Waals surface area contributed by atoms with Crippen LogP contribution in [0.2, 0.25) is 5.15 Å². The molecule has 2 heterocycles. The Balaban J connectivity index is 1.88. The molecule has 3 nitrogen and oxygen atoms in total. The van der Waals surface area contributed by atoms with Gasteiger partial charge in [-0.1, -0.05) is 17.7 Å². The Morgan fingerprint density at radius 2 is 2.38 bits per heavy atom. The fourth-order valence-corrected chi connectivity index (χ4v) is 1.44. The number of allylic oxidation sites excluding steroid dienone is 1. The first-order valence-corrected chi connectivity index (χ1v) is 5.44. The topological polar surface area (TPSA) is 25.4 Å². The highest BCUT2D eigenvalue weighted by Crippen LogP contribution is 2.11. The first-order valence-electron chi connectivity index (χ1n) is 5.06. The Morgan fingerprint density at radius 3 is 3.00 bits per heavy atom. The summed E-state index contributed by atoms with van der Waals surface area (Å²) in [5, 5.41) is 0.502. The third kappa shape index (κ3) is 3.00. The molecule has 1 aliphatic rings. The van der Waals surface area contributed by atoms with Crippen molar-refractivity contribution >= 4 is 11.6 Å². The van der Waals surface area contributed by atoms with Crippen molar-refractivity contribution in [2.45, 2.75) is 6.61 Å². The van der Waals surface area contributed by atoms with Crippen LogP contribution in [0.15, 0.2) is 42.4 Å². The first kappa shape index (κ1) is 11.0. The largest absolute Gasteiger partial charge is 0.489 e. The second-order valence-corrected chi connectivity index (χ2v) is 4.03. The van der Waals surface area contributed by atoms with Crippen LogP contribution < -0.4 is 0 Å². The van der Waals surface area contributed by atoms with Crippen molar-refractivity contribution in [2.24, 2.45) is 0 Å². The Kier molecular flexibility index (Phi) is 3.47. The molecule has 0 fully saturated rings. The van der Waals surface area contributed by atoms with Crippen LogP contribution in [0.4, 0.5) is 0 Å². The Morgan fingerprint density at radius 1 is 1.50 bits per heavy atom. The molecule has 0 saturated heterocycles. The number of ether oxygens (including phenoxy) is 1. The van der Waals surface area contributed by atoms with Gasteiger partial charge in [-0.05, 0) is 18.2 Å². The van der Waals surface area contributed by atoms with E-state index in [9.17, 15) is 0 Å². The molecule has 2 rings (SSSR count). The highest BCUT2D eigenvalue weighted by atomic mass is 35.5. The molecule has 0 atom stereocenters. The Hall–Kier alpha value is -1.48. The lowest BCUT2D eigenvalue weighted by Gasteiger charge is -2.17. The van der Waals surface area contributed by atoms with Crippen molar-refractivity contribution < 1.29 is 4.74 Å². The lowest BCUT2D eigenvalue weighted by atomic mass is 10.3. The van der Waals surface area contributed by atoms with E-state index in [-0.39, 0.29) is 0 Å². The van der Waals surface area contributed by atoms with Crippen LogP contribution in [0.25, 0.3) is 0 Å². The van der Waals surface area contributed by atoms with E-state index >= 15 is 0 Å². The van der Waals surface area contributed by atoms with Gasteiger partial charge >= 0.3 is 0 Å². The zero-order chi connectivity index (χ0) is 11.4. The van der Waals surface area contributed by atoms with Gasteiger partial charge in [0.2, 0.25) is 0 Å². The highest BCUT2D eigenvalue weighted by Gasteiger charge is 2.02. The van der Waals surface area contributed by atoms with Gasteiger partial charge < -0.3 is 9.64 Å². The number of aromatic nitrogens is 1. The quantitative estimate of drug-likeness (QED) is 0.755. The summed E-state index contributed by atoms with van der Waals surface area (Å²) in [6.07, 6.45) is 7.72. The van der Waals surface area contributed by atoms with Crippen molar-refractivity contribution in [2.75, 3.05) is 13.6 Å². The van der Waals surface area contributed by atoms with Gasteiger partial charge in [-0.2, -0.15) is 0 Å². The molecule has 0 aromatic carbocycles. The molecular weight excluding hydrogens is 224 g/mol. The van der Waals surface area contributed by atoms with Crippen molar-refractivity contribution in [3.63, 3.8) is 0 Å². The molecular formula is C12H13ClN2O. The normalized spacial score (nSPS) is 14.9. The fourth-order valence-electron chi connectivity index (χ4n) is 1.33. The van der Waals surface area contributed by atoms with Gasteiger partial charge in [-0.15, -0.1) is 0 Å². The second-order valence-electron chi connectivity index (χ2n) is 3.64. The van der Waals surface area contributed by atoms with Gasteiger partial charge in [0.15, 0.2) is 0 Å². The van der Waals surface area contributed by atoms with Crippen molar-refractivity contribution in [1.29, 1.82) is 0 Å². The van der Waals surface area contributed by atoms with Gasteiger partial charge in [-0.3, -0.25) is 0 Å². The van der Waals surface area contributed by atoms with E-state index < -0.39 is 0 Å². The van der Waals surface area contributed by atoms with Crippen molar-refractivity contribution in [3.05, 3.63) is 53.2 Å². The molecule has 1 aliphatic heterocycles. The predicted molar refractivity (Wildman–Crippen MR) is 63.9 cm³/mol. The van der Waals surface area contributed by atoms with E-state index in [2.05, 4.69) is 9.88 Å². The maximum Gasteiger partial charge on any atom is 0.129 e. The van der Waals surface area contributed by atoms with E-state index in [1.54, 1.807) is 12.3 Å². The summed E-state index contributed by atoms with van der Waals surface area (Å²) in [5.41, 5.74) is 1.01. The average Bonchev–Trinajstić information content (AvgIpc) is 2.30. The molecule has 1 aromatic rings. The number of rotatable bonds is 3. The summed E-state index contributed by atoms with van der Waals surface area (Å²) in [6, 6.07) is 3.67. The summed E-state index contributed by atoms with van der Waals surface area (Å²) < 4.78 is 5.62. The van der Waals surface area contributed by atoms with Crippen molar-refractivity contribution in [3.8, 4) is 0 Å². The number of nitrogens with zero attached hydrogens (tertiary/aromatic N) is 2. The molecule has 0 unspecified atom stereocenters. The first-order chi connectivity index (χ1) is 7.74. The summed E-state index contributed by atoms with van der Waals surface area (Å²) >= 11 is 5.70. The minimum atomic E-state index is 0.502. The van der Waals surface area contributed by atoms with Gasteiger partial charge in [-0.25, -0.2) is 4.98 Å². The van der Waals surface area contributed by atoms with Gasteiger partial charge in [0.1, 0.15) is 17.5 Å². The molecule has 84 valence electrons. The number of pyridine rings is 1. The molecule has 16 heavy (non-hydrogen) atoms. The minimum absolute atomic E-state index is 0.502. The van der Waals surface area contributed by atoms with Gasteiger partial charge in [0, 0.05) is 31.6 Å². The van der Waals surface area contributed by atoms with E-state index in [1.807, 2.05) is 31.5 Å². The summed E-state index contributed by atoms with van der Waals surface area (Å²) in [4.78, 5) is 6.07. The molecule has 0 aliphatic carbocycles. The zero-order valence-corrected chi connectivity index (χ0v) is 9.81. The lowest BCUT2D eigenvalue weighted by molar-refractivity contribution is 0.206. The Bertz CT molecular complexity index is 412. The molecule has 1 aromatic heterocycles. The van der Waals surface area contributed by atoms with E-state index in [1.165, 1.54) is 0 Å². The number of hydrogen-bond donors (Lipinski definition) is 0. The van der Waals surface area contributed by atoms with E-state index in [0.717, 1.165) is 17.9 Å². The van der Waals surface area contributed by atoms with E-state index in [4.69, 9.17) is 16.3 Å². The van der Waals surface area contributed by atoms with Crippen LogP contribution in [0.3, 0.4) is 0 Å². The smallest absolute Gasteiger partial charge is 0.129 e. The zero-order valence-electron chi connectivity index (χ0n) is 9.06. The molecule has 0 N–H and O–H groups in total. The van der Waals surface area contributed by atoms with Crippen LogP contribution in [0.1, 0.15) is 5.56 Å². The fraction of sp³-hybridized carbons (Fsp3) is 0.250. The molecule has 4 heteroatoms. The number of halogens is 1.